The molecule has 14 heteroatoms. The number of amides is 1. The zero-order valence-electron chi connectivity index (χ0n) is 24.4. The summed E-state index contributed by atoms with van der Waals surface area (Å²) in [4.78, 5) is 38.6. The second-order valence-corrected chi connectivity index (χ2v) is 12.7. The number of aromatic nitrogens is 1. The summed E-state index contributed by atoms with van der Waals surface area (Å²) in [7, 11) is 4.46. The molecule has 0 radical (unpaired) electrons. The second-order valence-electron chi connectivity index (χ2n) is 9.82. The number of rotatable bonds is 23. The van der Waals surface area contributed by atoms with Crippen LogP contribution in [0.25, 0.3) is 0 Å². The molecule has 0 aliphatic rings. The molecule has 1 heterocycles. The molecular formula is C27H44N4O8S2. The van der Waals surface area contributed by atoms with E-state index < -0.39 is 11.2 Å². The zero-order chi connectivity index (χ0) is 30.7. The van der Waals surface area contributed by atoms with Gasteiger partial charge in [-0.1, -0.05) is 24.3 Å². The minimum Gasteiger partial charge on any atom is -0.460 e. The Hall–Kier alpha value is -2.39. The number of methoxy groups -OCH3 is 1. The Balaban J connectivity index is 2.12. The number of aliphatic hydroxyl groups excluding tert-OH is 1. The van der Waals surface area contributed by atoms with Crippen LogP contribution in [0.5, 0.6) is 0 Å². The Bertz CT molecular complexity index is 946. The fourth-order valence-electron chi connectivity index (χ4n) is 3.22. The lowest BCUT2D eigenvalue weighted by Gasteiger charge is -2.22. The molecule has 3 N–H and O–H groups in total. The molecule has 0 aliphatic heterocycles. The third-order valence-corrected chi connectivity index (χ3v) is 9.06. The largest absolute Gasteiger partial charge is 0.460 e. The average Bonchev–Trinajstić information content (AvgIpc) is 2.95. The van der Waals surface area contributed by atoms with Crippen molar-refractivity contribution < 1.29 is 33.8 Å². The predicted molar refractivity (Wildman–Crippen MR) is 160 cm³/mol. The Labute approximate surface area is 250 Å². The maximum atomic E-state index is 12.3. The first-order valence-electron chi connectivity index (χ1n) is 13.6. The van der Waals surface area contributed by atoms with Gasteiger partial charge in [-0.25, -0.2) is 4.98 Å². The van der Waals surface area contributed by atoms with Crippen LogP contribution in [-0.2, 0) is 23.8 Å². The number of pyridine rings is 1. The Kier molecular flexibility index (Phi) is 18.3. The quantitative estimate of drug-likeness (QED) is 0.0398. The summed E-state index contributed by atoms with van der Waals surface area (Å²) in [5, 5.41) is 26.8. The van der Waals surface area contributed by atoms with Crippen molar-refractivity contribution in [2.45, 2.75) is 87.9 Å². The van der Waals surface area contributed by atoms with Gasteiger partial charge in [-0.3, -0.25) is 19.7 Å². The summed E-state index contributed by atoms with van der Waals surface area (Å²) in [5.74, 6) is -0.372. The lowest BCUT2D eigenvalue weighted by Crippen LogP contribution is -2.30. The number of aliphatic hydroxyl groups is 1. The molecule has 2 unspecified atom stereocenters. The predicted octanol–water partition coefficient (Wildman–Crippen LogP) is 4.37. The van der Waals surface area contributed by atoms with E-state index >= 15 is 0 Å². The fourth-order valence-corrected chi connectivity index (χ4v) is 5.42. The third-order valence-electron chi connectivity index (χ3n) is 5.79. The highest BCUT2D eigenvalue weighted by Crippen LogP contribution is 2.42. The van der Waals surface area contributed by atoms with Gasteiger partial charge in [0.25, 0.3) is 5.69 Å². The summed E-state index contributed by atoms with van der Waals surface area (Å²) in [5.41, 5.74) is 0.770. The first-order chi connectivity index (χ1) is 19.5. The number of nitrogens with zero attached hydrogens (tertiary/aromatic N) is 2. The van der Waals surface area contributed by atoms with E-state index in [9.17, 15) is 24.8 Å². The van der Waals surface area contributed by atoms with Crippen molar-refractivity contribution in [1.82, 2.24) is 15.6 Å². The summed E-state index contributed by atoms with van der Waals surface area (Å²) < 4.78 is 15.7. The minimum absolute atomic E-state index is 0.0165. The van der Waals surface area contributed by atoms with Crippen molar-refractivity contribution in [3.8, 4) is 0 Å². The molecule has 0 spiro atoms. The second kappa shape index (κ2) is 20.5. The van der Waals surface area contributed by atoms with Crippen LogP contribution in [0.2, 0.25) is 0 Å². The number of carbonyl (C=O) groups is 2. The standard InChI is InChI=1S/C27H44N4O8S2/c1-6-22(18-32)39-26(37-5)19-38-25(34)10-7-9-20(2)28-15-8-16-29-23(33)13-14-27(3,4)41-40-24-12-11-21(17-30-24)31(35)36/h11-12,17,22,26,28,32H,2,6-10,13-16,18-19H2,1,3-5H3,(H,29,33). The van der Waals surface area contributed by atoms with Crippen molar-refractivity contribution in [3.05, 3.63) is 40.7 Å². The van der Waals surface area contributed by atoms with Gasteiger partial charge in [0, 0.05) is 49.6 Å². The first kappa shape index (κ1) is 36.6. The molecule has 0 saturated heterocycles. The molecule has 1 aromatic heterocycles. The monoisotopic (exact) mass is 616 g/mol. The third kappa shape index (κ3) is 17.2. The van der Waals surface area contributed by atoms with Crippen molar-refractivity contribution >= 4 is 39.2 Å². The number of ether oxygens (including phenoxy) is 3. The van der Waals surface area contributed by atoms with Gasteiger partial charge in [0.2, 0.25) is 5.91 Å². The van der Waals surface area contributed by atoms with E-state index in [-0.39, 0.29) is 48.0 Å². The maximum Gasteiger partial charge on any atom is 0.305 e. The Morgan fingerprint density at radius 1 is 1.20 bits per heavy atom. The lowest BCUT2D eigenvalue weighted by atomic mass is 10.1. The van der Waals surface area contributed by atoms with Crippen molar-refractivity contribution in [2.24, 2.45) is 0 Å². The number of nitro groups is 1. The highest BCUT2D eigenvalue weighted by Gasteiger charge is 2.21. The lowest BCUT2D eigenvalue weighted by molar-refractivity contribution is -0.385. The molecule has 232 valence electrons. The van der Waals surface area contributed by atoms with E-state index in [1.54, 1.807) is 16.9 Å². The fraction of sp³-hybridized carbons (Fsp3) is 0.667. The topological polar surface area (TPSA) is 162 Å². The van der Waals surface area contributed by atoms with Gasteiger partial charge in [-0.15, -0.1) is 0 Å². The molecule has 0 aromatic carbocycles. The number of esters is 1. The number of hydrogen-bond donors (Lipinski definition) is 3. The van der Waals surface area contributed by atoms with Gasteiger partial charge < -0.3 is 30.0 Å². The van der Waals surface area contributed by atoms with Gasteiger partial charge in [0.15, 0.2) is 6.29 Å². The van der Waals surface area contributed by atoms with Gasteiger partial charge in [-0.05, 0) is 62.8 Å². The zero-order valence-corrected chi connectivity index (χ0v) is 26.0. The molecule has 0 saturated carbocycles. The smallest absolute Gasteiger partial charge is 0.305 e. The highest BCUT2D eigenvalue weighted by atomic mass is 33.1. The molecule has 41 heavy (non-hydrogen) atoms. The SMILES string of the molecule is C=C(CCCC(=O)OCC(OC)OC(CC)CO)NCCCNC(=O)CCC(C)(C)SSc1ccc([N+](=O)[O-])cn1. The summed E-state index contributed by atoms with van der Waals surface area (Å²) in [6, 6.07) is 3.05. The van der Waals surface area contributed by atoms with Crippen LogP contribution in [0.15, 0.2) is 35.6 Å². The van der Waals surface area contributed by atoms with E-state index in [0.717, 1.165) is 12.1 Å². The van der Waals surface area contributed by atoms with Crippen molar-refractivity contribution in [2.75, 3.05) is 33.4 Å². The van der Waals surface area contributed by atoms with E-state index in [4.69, 9.17) is 14.2 Å². The normalized spacial score (nSPS) is 12.8. The van der Waals surface area contributed by atoms with E-state index in [2.05, 4.69) is 22.2 Å². The highest BCUT2D eigenvalue weighted by molar-refractivity contribution is 8.77. The Morgan fingerprint density at radius 2 is 1.93 bits per heavy atom. The van der Waals surface area contributed by atoms with E-state index in [1.807, 2.05) is 20.8 Å². The number of hydrogen-bond acceptors (Lipinski definition) is 12. The molecule has 0 aliphatic carbocycles. The molecule has 1 rings (SSSR count). The average molecular weight is 617 g/mol. The Morgan fingerprint density at radius 3 is 2.54 bits per heavy atom. The van der Waals surface area contributed by atoms with Crippen LogP contribution in [0, 0.1) is 10.1 Å². The molecule has 1 amide bonds. The van der Waals surface area contributed by atoms with Gasteiger partial charge in [-0.2, -0.15) is 0 Å². The molecular weight excluding hydrogens is 572 g/mol. The number of nitrogens with one attached hydrogen (secondary N) is 2. The number of carbonyl (C=O) groups excluding carboxylic acids is 2. The molecule has 2 atom stereocenters. The van der Waals surface area contributed by atoms with Crippen LogP contribution < -0.4 is 10.6 Å². The van der Waals surface area contributed by atoms with Gasteiger partial charge in [0.05, 0.1) is 17.6 Å². The van der Waals surface area contributed by atoms with Crippen LogP contribution in [0.1, 0.15) is 65.7 Å². The van der Waals surface area contributed by atoms with Gasteiger partial charge >= 0.3 is 5.97 Å². The summed E-state index contributed by atoms with van der Waals surface area (Å²) >= 11 is 0. The minimum atomic E-state index is -0.718. The van der Waals surface area contributed by atoms with Crippen molar-refractivity contribution in [3.63, 3.8) is 0 Å². The van der Waals surface area contributed by atoms with Crippen LogP contribution in [-0.4, -0.2) is 77.4 Å². The van der Waals surface area contributed by atoms with E-state index in [0.29, 0.717) is 50.2 Å². The molecule has 12 nitrogen and oxygen atoms in total. The van der Waals surface area contributed by atoms with Crippen molar-refractivity contribution in [1.29, 1.82) is 0 Å². The van der Waals surface area contributed by atoms with Gasteiger partial charge in [0.1, 0.15) is 17.8 Å². The van der Waals surface area contributed by atoms with Crippen LogP contribution >= 0.6 is 21.6 Å². The number of allylic oxidation sites excluding steroid dienone is 1. The molecule has 0 bridgehead atoms. The summed E-state index contributed by atoms with van der Waals surface area (Å²) in [6.07, 6.45) is 4.01. The molecule has 1 aromatic rings. The van der Waals surface area contributed by atoms with Crippen LogP contribution in [0.4, 0.5) is 5.69 Å². The maximum absolute atomic E-state index is 12.3. The first-order valence-corrected chi connectivity index (χ1v) is 15.7. The summed E-state index contributed by atoms with van der Waals surface area (Å²) in [6.45, 7) is 11.0. The molecule has 0 fully saturated rings. The van der Waals surface area contributed by atoms with Crippen LogP contribution in [0.3, 0.4) is 0 Å². The van der Waals surface area contributed by atoms with E-state index in [1.165, 1.54) is 30.2 Å².